The van der Waals surface area contributed by atoms with Gasteiger partial charge in [0, 0.05) is 24.6 Å². The molecule has 0 aliphatic rings. The van der Waals surface area contributed by atoms with Gasteiger partial charge in [0.2, 0.25) is 5.91 Å². The standard InChI is InChI=1S/C17H27N3O4.ClH/c1-6-17(18,7-2)10-19-16(22)12-8-13(20-11(3)21)15(24-5)14(9-12)23-4;/h8-9H,6-7,10,18H2,1-5H3,(H,19,22)(H,20,21);1H. The van der Waals surface area contributed by atoms with E-state index < -0.39 is 5.54 Å². The van der Waals surface area contributed by atoms with Crippen molar-refractivity contribution in [2.45, 2.75) is 39.2 Å². The fourth-order valence-corrected chi connectivity index (χ4v) is 2.24. The number of halogens is 1. The minimum atomic E-state index is -0.438. The molecule has 0 aromatic heterocycles. The number of ether oxygens (including phenoxy) is 2. The van der Waals surface area contributed by atoms with Gasteiger partial charge in [-0.25, -0.2) is 0 Å². The zero-order valence-electron chi connectivity index (χ0n) is 15.4. The van der Waals surface area contributed by atoms with E-state index in [0.29, 0.717) is 29.3 Å². The van der Waals surface area contributed by atoms with E-state index in [1.54, 1.807) is 12.1 Å². The molecule has 0 bridgehead atoms. The second-order valence-corrected chi connectivity index (χ2v) is 5.69. The maximum atomic E-state index is 12.5. The summed E-state index contributed by atoms with van der Waals surface area (Å²) >= 11 is 0. The van der Waals surface area contributed by atoms with Crippen LogP contribution in [-0.4, -0.2) is 38.1 Å². The van der Waals surface area contributed by atoms with Gasteiger partial charge in [-0.3, -0.25) is 9.59 Å². The van der Waals surface area contributed by atoms with Crippen LogP contribution in [0.15, 0.2) is 12.1 Å². The third kappa shape index (κ3) is 6.10. The van der Waals surface area contributed by atoms with Gasteiger partial charge in [0.25, 0.3) is 5.91 Å². The molecule has 1 rings (SSSR count). The molecule has 25 heavy (non-hydrogen) atoms. The maximum Gasteiger partial charge on any atom is 0.251 e. The fraction of sp³-hybridized carbons (Fsp3) is 0.529. The van der Waals surface area contributed by atoms with E-state index in [0.717, 1.165) is 12.8 Å². The molecule has 0 aliphatic carbocycles. The fourth-order valence-electron chi connectivity index (χ4n) is 2.24. The number of rotatable bonds is 8. The molecular formula is C17H28ClN3O4. The van der Waals surface area contributed by atoms with Crippen LogP contribution in [-0.2, 0) is 4.79 Å². The first kappa shape index (κ1) is 23.0. The lowest BCUT2D eigenvalue weighted by molar-refractivity contribution is -0.114. The molecule has 0 atom stereocenters. The topological polar surface area (TPSA) is 103 Å². The van der Waals surface area contributed by atoms with Crippen molar-refractivity contribution in [3.8, 4) is 11.5 Å². The predicted octanol–water partition coefficient (Wildman–Crippen LogP) is 2.33. The van der Waals surface area contributed by atoms with Crippen molar-refractivity contribution in [3.05, 3.63) is 17.7 Å². The lowest BCUT2D eigenvalue weighted by atomic mass is 9.94. The normalized spacial score (nSPS) is 10.5. The first-order valence-electron chi connectivity index (χ1n) is 7.90. The van der Waals surface area contributed by atoms with E-state index in [9.17, 15) is 9.59 Å². The molecule has 0 aliphatic heterocycles. The van der Waals surface area contributed by atoms with Gasteiger partial charge in [-0.2, -0.15) is 0 Å². The van der Waals surface area contributed by atoms with E-state index in [1.807, 2.05) is 13.8 Å². The Kier molecular flexibility index (Phi) is 9.30. The quantitative estimate of drug-likeness (QED) is 0.649. The van der Waals surface area contributed by atoms with E-state index in [1.165, 1.54) is 21.1 Å². The highest BCUT2D eigenvalue weighted by molar-refractivity contribution is 5.99. The molecule has 0 spiro atoms. The number of benzene rings is 1. The molecule has 1 aromatic rings. The molecule has 0 saturated heterocycles. The van der Waals surface area contributed by atoms with Crippen molar-refractivity contribution in [1.82, 2.24) is 5.32 Å². The smallest absolute Gasteiger partial charge is 0.251 e. The summed E-state index contributed by atoms with van der Waals surface area (Å²) in [5.74, 6) is 0.156. The second-order valence-electron chi connectivity index (χ2n) is 5.69. The van der Waals surface area contributed by atoms with E-state index in [-0.39, 0.29) is 24.2 Å². The van der Waals surface area contributed by atoms with Crippen molar-refractivity contribution in [1.29, 1.82) is 0 Å². The molecule has 0 unspecified atom stereocenters. The molecule has 0 saturated carbocycles. The first-order valence-corrected chi connectivity index (χ1v) is 7.90. The Morgan fingerprint density at radius 1 is 1.16 bits per heavy atom. The van der Waals surface area contributed by atoms with E-state index >= 15 is 0 Å². The summed E-state index contributed by atoms with van der Waals surface area (Å²) in [6, 6.07) is 3.11. The van der Waals surface area contributed by atoms with Crippen molar-refractivity contribution in [2.75, 3.05) is 26.1 Å². The molecular weight excluding hydrogens is 346 g/mol. The van der Waals surface area contributed by atoms with Gasteiger partial charge in [0.15, 0.2) is 11.5 Å². The number of methoxy groups -OCH3 is 2. The zero-order chi connectivity index (χ0) is 18.3. The van der Waals surface area contributed by atoms with E-state index in [2.05, 4.69) is 10.6 Å². The third-order valence-corrected chi connectivity index (χ3v) is 4.06. The average molecular weight is 374 g/mol. The van der Waals surface area contributed by atoms with Crippen LogP contribution in [0.1, 0.15) is 44.0 Å². The number of nitrogens with two attached hydrogens (primary N) is 1. The number of hydrogen-bond acceptors (Lipinski definition) is 5. The summed E-state index contributed by atoms with van der Waals surface area (Å²) in [4.78, 5) is 23.8. The van der Waals surface area contributed by atoms with Gasteiger partial charge in [-0.15, -0.1) is 12.4 Å². The summed E-state index contributed by atoms with van der Waals surface area (Å²) < 4.78 is 10.5. The number of nitrogens with one attached hydrogen (secondary N) is 2. The van der Waals surface area contributed by atoms with E-state index in [4.69, 9.17) is 15.2 Å². The summed E-state index contributed by atoms with van der Waals surface area (Å²) in [5.41, 5.74) is 6.49. The van der Waals surface area contributed by atoms with Gasteiger partial charge in [0.1, 0.15) is 0 Å². The van der Waals surface area contributed by atoms with Crippen molar-refractivity contribution < 1.29 is 19.1 Å². The Morgan fingerprint density at radius 3 is 2.20 bits per heavy atom. The van der Waals surface area contributed by atoms with Gasteiger partial charge in [0.05, 0.1) is 19.9 Å². The predicted molar refractivity (Wildman–Crippen MR) is 101 cm³/mol. The van der Waals surface area contributed by atoms with Gasteiger partial charge < -0.3 is 25.8 Å². The minimum absolute atomic E-state index is 0. The highest BCUT2D eigenvalue weighted by atomic mass is 35.5. The zero-order valence-corrected chi connectivity index (χ0v) is 16.2. The summed E-state index contributed by atoms with van der Waals surface area (Å²) in [6.07, 6.45) is 1.51. The number of anilines is 1. The number of amides is 2. The van der Waals surface area contributed by atoms with Crippen LogP contribution in [0.2, 0.25) is 0 Å². The Labute approximate surface area is 155 Å². The molecule has 0 heterocycles. The first-order chi connectivity index (χ1) is 11.3. The van der Waals surface area contributed by atoms with Crippen LogP contribution in [0, 0.1) is 0 Å². The third-order valence-electron chi connectivity index (χ3n) is 4.06. The second kappa shape index (κ2) is 10.1. The lowest BCUT2D eigenvalue weighted by Gasteiger charge is -2.27. The monoisotopic (exact) mass is 373 g/mol. The largest absolute Gasteiger partial charge is 0.493 e. The van der Waals surface area contributed by atoms with Gasteiger partial charge >= 0.3 is 0 Å². The van der Waals surface area contributed by atoms with Crippen LogP contribution in [0.4, 0.5) is 5.69 Å². The van der Waals surface area contributed by atoms with Crippen molar-refractivity contribution >= 4 is 29.9 Å². The molecule has 2 amide bonds. The average Bonchev–Trinajstić information content (AvgIpc) is 2.57. The number of carbonyl (C=O) groups is 2. The lowest BCUT2D eigenvalue weighted by Crippen LogP contribution is -2.49. The van der Waals surface area contributed by atoms with Crippen LogP contribution >= 0.6 is 12.4 Å². The number of hydrogen-bond donors (Lipinski definition) is 3. The Balaban J connectivity index is 0.00000576. The van der Waals surface area contributed by atoms with Crippen molar-refractivity contribution in [2.24, 2.45) is 5.73 Å². The maximum absolute atomic E-state index is 12.5. The number of carbonyl (C=O) groups excluding carboxylic acids is 2. The van der Waals surface area contributed by atoms with Gasteiger partial charge in [-0.1, -0.05) is 13.8 Å². The van der Waals surface area contributed by atoms with Crippen LogP contribution in [0.25, 0.3) is 0 Å². The van der Waals surface area contributed by atoms with Crippen molar-refractivity contribution in [3.63, 3.8) is 0 Å². The van der Waals surface area contributed by atoms with Crippen LogP contribution < -0.4 is 25.8 Å². The van der Waals surface area contributed by atoms with Crippen LogP contribution in [0.3, 0.4) is 0 Å². The SMILES string of the molecule is CCC(N)(CC)CNC(=O)c1cc(NC(C)=O)c(OC)c(OC)c1.Cl. The molecule has 142 valence electrons. The Hall–Kier alpha value is -1.99. The molecule has 4 N–H and O–H groups in total. The summed E-state index contributed by atoms with van der Waals surface area (Å²) in [5, 5.41) is 5.48. The Bertz CT molecular complexity index is 604. The molecule has 0 radical (unpaired) electrons. The summed E-state index contributed by atoms with van der Waals surface area (Å²) in [6.45, 7) is 5.72. The van der Waals surface area contributed by atoms with Crippen LogP contribution in [0.5, 0.6) is 11.5 Å². The molecule has 1 aromatic carbocycles. The Morgan fingerprint density at radius 2 is 1.76 bits per heavy atom. The molecule has 8 heteroatoms. The highest BCUT2D eigenvalue weighted by Gasteiger charge is 2.22. The van der Waals surface area contributed by atoms with Gasteiger partial charge in [-0.05, 0) is 25.0 Å². The molecule has 0 fully saturated rings. The highest BCUT2D eigenvalue weighted by Crippen LogP contribution is 2.36. The molecule has 7 nitrogen and oxygen atoms in total. The summed E-state index contributed by atoms with van der Waals surface area (Å²) in [7, 11) is 2.93. The minimum Gasteiger partial charge on any atom is -0.493 e.